The Morgan fingerprint density at radius 3 is 2.05 bits per heavy atom. The lowest BCUT2D eigenvalue weighted by Crippen LogP contribution is -2.54. The van der Waals surface area contributed by atoms with Gasteiger partial charge in [0.2, 0.25) is 0 Å². The number of carbonyl (C=O) groups is 3. The summed E-state index contributed by atoms with van der Waals surface area (Å²) in [5.41, 5.74) is 3.09. The van der Waals surface area contributed by atoms with E-state index in [4.69, 9.17) is 9.47 Å². The van der Waals surface area contributed by atoms with E-state index in [-0.39, 0.29) is 47.0 Å². The third-order valence-corrected chi connectivity index (χ3v) is 10.3. The zero-order chi connectivity index (χ0) is 28.2. The standard InChI is InChI=1S/C35H36O5/c1-21-22(2)31(40-33(38)24-13-9-6-10-14-24)35(4)18-16-27-29(30(21)35)28(36)20-25-19-26(15-17-34(25,27)3)39-32(37)23-11-7-5-8-12-23/h5-14,20,26-27,29-31H,1-2,15-19H2,3-4H3/t26?,27-,29+,30+,31?,34+,35+/m1/s1. The second kappa shape index (κ2) is 9.72. The molecule has 3 fully saturated rings. The first-order chi connectivity index (χ1) is 19.1. The number of rotatable bonds is 4. The number of carbonyl (C=O) groups excluding carboxylic acids is 3. The summed E-state index contributed by atoms with van der Waals surface area (Å²) < 4.78 is 12.0. The van der Waals surface area contributed by atoms with Gasteiger partial charge in [-0.25, -0.2) is 9.59 Å². The number of allylic oxidation sites excluding steroid dienone is 1. The smallest absolute Gasteiger partial charge is 0.338 e. The SMILES string of the molecule is C=C1C(=C)[C@H]2[C@@H]3C(=O)C=C4CC(OC(=O)c5ccccc5)CC[C@]4(C)[C@@H]3CC[C@]2(C)C1OC(=O)c1ccccc1. The van der Waals surface area contributed by atoms with Gasteiger partial charge in [0.05, 0.1) is 11.1 Å². The van der Waals surface area contributed by atoms with Crippen molar-refractivity contribution in [2.45, 2.75) is 58.2 Å². The van der Waals surface area contributed by atoms with E-state index in [0.29, 0.717) is 17.5 Å². The summed E-state index contributed by atoms with van der Waals surface area (Å²) in [6.07, 6.45) is 4.93. The molecule has 5 nitrogen and oxygen atoms in total. The molecule has 2 unspecified atom stereocenters. The summed E-state index contributed by atoms with van der Waals surface area (Å²) in [6, 6.07) is 18.0. The Kier molecular flexibility index (Phi) is 6.44. The quantitative estimate of drug-likeness (QED) is 0.397. The molecule has 0 aromatic heterocycles. The largest absolute Gasteiger partial charge is 0.458 e. The number of ketones is 1. The van der Waals surface area contributed by atoms with Crippen LogP contribution in [0.4, 0.5) is 0 Å². The summed E-state index contributed by atoms with van der Waals surface area (Å²) >= 11 is 0. The van der Waals surface area contributed by atoms with Crippen LogP contribution >= 0.6 is 0 Å². The number of ether oxygens (including phenoxy) is 2. The third kappa shape index (κ3) is 4.09. The molecule has 0 bridgehead atoms. The minimum atomic E-state index is -0.516. The van der Waals surface area contributed by atoms with Crippen LogP contribution in [0.3, 0.4) is 0 Å². The average molecular weight is 537 g/mol. The van der Waals surface area contributed by atoms with Crippen molar-refractivity contribution in [3.63, 3.8) is 0 Å². The van der Waals surface area contributed by atoms with E-state index in [1.165, 1.54) is 0 Å². The summed E-state index contributed by atoms with van der Waals surface area (Å²) in [4.78, 5) is 39.7. The van der Waals surface area contributed by atoms with Gasteiger partial charge in [-0.05, 0) is 78.5 Å². The maximum Gasteiger partial charge on any atom is 0.338 e. The molecule has 2 aromatic carbocycles. The Bertz CT molecular complexity index is 1420. The number of hydrogen-bond donors (Lipinski definition) is 0. The zero-order valence-corrected chi connectivity index (χ0v) is 23.2. The van der Waals surface area contributed by atoms with Crippen LogP contribution in [0.15, 0.2) is 96.6 Å². The van der Waals surface area contributed by atoms with Crippen molar-refractivity contribution >= 4 is 17.7 Å². The molecule has 3 saturated carbocycles. The number of hydrogen-bond acceptors (Lipinski definition) is 5. The topological polar surface area (TPSA) is 69.7 Å². The molecule has 0 heterocycles. The number of benzene rings is 2. The Hall–Kier alpha value is -3.73. The van der Waals surface area contributed by atoms with Crippen LogP contribution in [-0.4, -0.2) is 29.9 Å². The van der Waals surface area contributed by atoms with E-state index >= 15 is 0 Å². The van der Waals surface area contributed by atoms with Crippen molar-refractivity contribution in [1.29, 1.82) is 0 Å². The minimum Gasteiger partial charge on any atom is -0.458 e. The summed E-state index contributed by atoms with van der Waals surface area (Å²) in [7, 11) is 0. The van der Waals surface area contributed by atoms with Crippen molar-refractivity contribution in [2.24, 2.45) is 28.6 Å². The van der Waals surface area contributed by atoms with E-state index in [0.717, 1.165) is 42.4 Å². The molecule has 0 aliphatic heterocycles. The maximum atomic E-state index is 13.9. The van der Waals surface area contributed by atoms with Gasteiger partial charge >= 0.3 is 11.9 Å². The van der Waals surface area contributed by atoms with Crippen LogP contribution in [-0.2, 0) is 14.3 Å². The van der Waals surface area contributed by atoms with Crippen molar-refractivity contribution in [2.75, 3.05) is 0 Å². The van der Waals surface area contributed by atoms with Crippen molar-refractivity contribution < 1.29 is 23.9 Å². The fraction of sp³-hybridized carbons (Fsp3) is 0.400. The van der Waals surface area contributed by atoms with Gasteiger partial charge in [-0.3, -0.25) is 4.79 Å². The summed E-state index contributed by atoms with van der Waals surface area (Å²) in [6.45, 7) is 13.1. The maximum absolute atomic E-state index is 13.9. The highest BCUT2D eigenvalue weighted by Crippen LogP contribution is 2.66. The van der Waals surface area contributed by atoms with Crippen molar-refractivity contribution in [3.05, 3.63) is 108 Å². The fourth-order valence-corrected chi connectivity index (χ4v) is 8.16. The highest BCUT2D eigenvalue weighted by molar-refractivity contribution is 5.95. The summed E-state index contributed by atoms with van der Waals surface area (Å²) in [5.74, 6) is -0.816. The lowest BCUT2D eigenvalue weighted by Gasteiger charge is -2.56. The second-order valence-electron chi connectivity index (χ2n) is 12.5. The van der Waals surface area contributed by atoms with Crippen molar-refractivity contribution in [3.8, 4) is 0 Å². The molecule has 0 amide bonds. The van der Waals surface area contributed by atoms with E-state index in [1.807, 2.05) is 42.5 Å². The molecule has 4 aliphatic rings. The lowest BCUT2D eigenvalue weighted by atomic mass is 9.47. The molecule has 2 aromatic rings. The molecule has 0 spiro atoms. The first-order valence-electron chi connectivity index (χ1n) is 14.3. The van der Waals surface area contributed by atoms with Crippen LogP contribution < -0.4 is 0 Å². The van der Waals surface area contributed by atoms with Gasteiger partial charge in [0.1, 0.15) is 12.2 Å². The van der Waals surface area contributed by atoms with E-state index in [9.17, 15) is 14.4 Å². The minimum absolute atomic E-state index is 0.104. The van der Waals surface area contributed by atoms with Crippen LogP contribution in [0, 0.1) is 28.6 Å². The van der Waals surface area contributed by atoms with Gasteiger partial charge in [-0.15, -0.1) is 0 Å². The fourth-order valence-electron chi connectivity index (χ4n) is 8.16. The molecular weight excluding hydrogens is 500 g/mol. The Balaban J connectivity index is 1.24. The van der Waals surface area contributed by atoms with Gasteiger partial charge in [-0.1, -0.05) is 69.0 Å². The molecule has 0 radical (unpaired) electrons. The van der Waals surface area contributed by atoms with E-state index in [2.05, 4.69) is 27.0 Å². The number of esters is 2. The first-order valence-corrected chi connectivity index (χ1v) is 14.3. The van der Waals surface area contributed by atoms with Gasteiger partial charge in [0.25, 0.3) is 0 Å². The van der Waals surface area contributed by atoms with Gasteiger partial charge in [0, 0.05) is 23.7 Å². The normalized spacial score (nSPS) is 34.7. The first kappa shape index (κ1) is 26.5. The van der Waals surface area contributed by atoms with Gasteiger partial charge in [0.15, 0.2) is 5.78 Å². The van der Waals surface area contributed by atoms with Crippen LogP contribution in [0.1, 0.15) is 66.7 Å². The molecule has 5 heteroatoms. The van der Waals surface area contributed by atoms with Crippen LogP contribution in [0.2, 0.25) is 0 Å². The monoisotopic (exact) mass is 536 g/mol. The Labute approximate surface area is 236 Å². The Morgan fingerprint density at radius 2 is 1.43 bits per heavy atom. The molecule has 40 heavy (non-hydrogen) atoms. The van der Waals surface area contributed by atoms with E-state index in [1.54, 1.807) is 24.3 Å². The van der Waals surface area contributed by atoms with Crippen molar-refractivity contribution in [1.82, 2.24) is 0 Å². The number of fused-ring (bicyclic) bond motifs is 5. The van der Waals surface area contributed by atoms with Gasteiger partial charge in [-0.2, -0.15) is 0 Å². The molecule has 0 saturated heterocycles. The van der Waals surface area contributed by atoms with E-state index < -0.39 is 11.5 Å². The van der Waals surface area contributed by atoms with Crippen LogP contribution in [0.5, 0.6) is 0 Å². The molecule has 7 atom stereocenters. The predicted octanol–water partition coefficient (Wildman–Crippen LogP) is 6.91. The van der Waals surface area contributed by atoms with Gasteiger partial charge < -0.3 is 9.47 Å². The molecule has 206 valence electrons. The average Bonchev–Trinajstić information content (AvgIpc) is 3.15. The molecular formula is C35H36O5. The third-order valence-electron chi connectivity index (χ3n) is 10.3. The van der Waals surface area contributed by atoms with Crippen LogP contribution in [0.25, 0.3) is 0 Å². The molecule has 6 rings (SSSR count). The second-order valence-corrected chi connectivity index (χ2v) is 12.5. The predicted molar refractivity (Wildman–Crippen MR) is 152 cm³/mol. The highest BCUT2D eigenvalue weighted by Gasteiger charge is 2.64. The lowest BCUT2D eigenvalue weighted by molar-refractivity contribution is -0.134. The molecule has 4 aliphatic carbocycles. The molecule has 0 N–H and O–H groups in total. The zero-order valence-electron chi connectivity index (χ0n) is 23.2. The highest BCUT2D eigenvalue weighted by atomic mass is 16.5. The summed E-state index contributed by atoms with van der Waals surface area (Å²) in [5, 5.41) is 0. The Morgan fingerprint density at radius 1 is 0.825 bits per heavy atom.